The molecule has 4 rings (SSSR count). The maximum absolute atomic E-state index is 11.8. The number of fused-ring (bicyclic) bond motifs is 3. The highest BCUT2D eigenvalue weighted by atomic mass is 35.5. The molecule has 0 amide bonds. The van der Waals surface area contributed by atoms with Gasteiger partial charge in [-0.2, -0.15) is 0 Å². The summed E-state index contributed by atoms with van der Waals surface area (Å²) in [7, 11) is 1.58. The summed E-state index contributed by atoms with van der Waals surface area (Å²) in [6, 6.07) is 12.2. The Hall–Kier alpha value is -3.05. The maximum atomic E-state index is 11.8. The summed E-state index contributed by atoms with van der Waals surface area (Å²) in [4.78, 5) is 23.7. The molecule has 0 radical (unpaired) electrons. The molecule has 1 atom stereocenters. The number of halogens is 1. The predicted molar refractivity (Wildman–Crippen MR) is 102 cm³/mol. The van der Waals surface area contributed by atoms with Crippen LogP contribution in [-0.4, -0.2) is 13.4 Å². The summed E-state index contributed by atoms with van der Waals surface area (Å²) < 4.78 is 16.6. The normalized spacial score (nSPS) is 16.0. The summed E-state index contributed by atoms with van der Waals surface area (Å²) in [6.45, 7) is 1.81. The van der Waals surface area contributed by atoms with Crippen LogP contribution in [0.15, 0.2) is 57.2 Å². The van der Waals surface area contributed by atoms with Gasteiger partial charge in [-0.05, 0) is 42.3 Å². The molecule has 1 aromatic heterocycles. The number of carbonyl (C=O) groups excluding carboxylic acids is 1. The lowest BCUT2D eigenvalue weighted by Crippen LogP contribution is -2.18. The summed E-state index contributed by atoms with van der Waals surface area (Å²) >= 11 is 6.58. The van der Waals surface area contributed by atoms with Crippen LogP contribution in [0.25, 0.3) is 16.0 Å². The average molecular weight is 383 g/mol. The third kappa shape index (κ3) is 2.80. The molecule has 0 bridgehead atoms. The van der Waals surface area contributed by atoms with E-state index in [9.17, 15) is 9.59 Å². The molecule has 1 aliphatic heterocycles. The number of aryl methyl sites for hydroxylation is 1. The monoisotopic (exact) mass is 382 g/mol. The maximum Gasteiger partial charge on any atom is 0.336 e. The van der Waals surface area contributed by atoms with Crippen molar-refractivity contribution in [2.24, 2.45) is 0 Å². The average Bonchev–Trinajstić information content (AvgIpc) is 2.67. The van der Waals surface area contributed by atoms with E-state index in [-0.39, 0.29) is 10.6 Å². The third-order valence-electron chi connectivity index (χ3n) is 4.63. The van der Waals surface area contributed by atoms with Crippen LogP contribution >= 0.6 is 11.6 Å². The smallest absolute Gasteiger partial charge is 0.336 e. The molecule has 2 heterocycles. The molecule has 0 N–H and O–H groups in total. The Morgan fingerprint density at radius 2 is 1.89 bits per heavy atom. The van der Waals surface area contributed by atoms with Crippen LogP contribution < -0.4 is 15.1 Å². The molecule has 0 saturated heterocycles. The molecule has 136 valence electrons. The first-order valence-corrected chi connectivity index (χ1v) is 8.64. The van der Waals surface area contributed by atoms with E-state index in [2.05, 4.69) is 0 Å². The molecule has 0 spiro atoms. The Morgan fingerprint density at radius 3 is 2.56 bits per heavy atom. The minimum atomic E-state index is -0.664. The van der Waals surface area contributed by atoms with Crippen molar-refractivity contribution in [3.05, 3.63) is 75.1 Å². The van der Waals surface area contributed by atoms with E-state index in [4.69, 9.17) is 25.5 Å². The second kappa shape index (κ2) is 6.59. The van der Waals surface area contributed by atoms with Gasteiger partial charge in [-0.15, -0.1) is 0 Å². The van der Waals surface area contributed by atoms with Gasteiger partial charge in [0.15, 0.2) is 18.0 Å². The van der Waals surface area contributed by atoms with Crippen molar-refractivity contribution < 1.29 is 18.7 Å². The fourth-order valence-corrected chi connectivity index (χ4v) is 3.58. The predicted octanol–water partition coefficient (Wildman–Crippen LogP) is 4.39. The van der Waals surface area contributed by atoms with E-state index < -0.39 is 11.7 Å². The highest BCUT2D eigenvalue weighted by Crippen LogP contribution is 2.46. The van der Waals surface area contributed by atoms with Gasteiger partial charge < -0.3 is 13.9 Å². The van der Waals surface area contributed by atoms with E-state index >= 15 is 0 Å². The number of hydrogen-bond donors (Lipinski definition) is 0. The van der Waals surface area contributed by atoms with Crippen LogP contribution in [0.2, 0.25) is 0 Å². The minimum Gasteiger partial charge on any atom is -0.497 e. The van der Waals surface area contributed by atoms with E-state index in [1.54, 1.807) is 25.3 Å². The number of aldehydes is 1. The summed E-state index contributed by atoms with van der Waals surface area (Å²) in [5.41, 5.74) is 2.04. The van der Waals surface area contributed by atoms with Gasteiger partial charge in [0.25, 0.3) is 0 Å². The summed E-state index contributed by atoms with van der Waals surface area (Å²) in [6.07, 6.45) is 0.00907. The molecule has 0 aliphatic carbocycles. The van der Waals surface area contributed by atoms with Gasteiger partial charge in [0.05, 0.1) is 23.3 Å². The minimum absolute atomic E-state index is 0.214. The van der Waals surface area contributed by atoms with Gasteiger partial charge in [0, 0.05) is 11.5 Å². The molecule has 27 heavy (non-hydrogen) atoms. The van der Waals surface area contributed by atoms with Crippen molar-refractivity contribution in [2.75, 3.05) is 7.11 Å². The van der Waals surface area contributed by atoms with Crippen LogP contribution in [-0.2, 0) is 4.79 Å². The van der Waals surface area contributed by atoms with E-state index in [0.717, 1.165) is 16.5 Å². The van der Waals surface area contributed by atoms with Gasteiger partial charge in [-0.25, -0.2) is 4.79 Å². The van der Waals surface area contributed by atoms with Crippen molar-refractivity contribution in [1.82, 2.24) is 0 Å². The fraction of sp³-hybridized carbons (Fsp3) is 0.143. The number of rotatable bonds is 3. The van der Waals surface area contributed by atoms with Gasteiger partial charge in [-0.3, -0.25) is 4.79 Å². The van der Waals surface area contributed by atoms with Gasteiger partial charge in [0.2, 0.25) is 0 Å². The summed E-state index contributed by atoms with van der Waals surface area (Å²) in [5, 5.41) is 0.953. The van der Waals surface area contributed by atoms with Gasteiger partial charge in [0.1, 0.15) is 11.5 Å². The van der Waals surface area contributed by atoms with Crippen molar-refractivity contribution in [1.29, 1.82) is 0 Å². The second-order valence-corrected chi connectivity index (χ2v) is 6.60. The molecule has 6 heteroatoms. The van der Waals surface area contributed by atoms with E-state index in [1.807, 2.05) is 25.1 Å². The van der Waals surface area contributed by atoms with Crippen LogP contribution in [0.1, 0.15) is 22.8 Å². The Labute approximate surface area is 159 Å². The fourth-order valence-electron chi connectivity index (χ4n) is 3.26. The molecule has 1 unspecified atom stereocenters. The first-order valence-electron chi connectivity index (χ1n) is 8.26. The van der Waals surface area contributed by atoms with Crippen molar-refractivity contribution in [3.63, 3.8) is 0 Å². The molecule has 2 aromatic carbocycles. The van der Waals surface area contributed by atoms with E-state index in [0.29, 0.717) is 28.9 Å². The lowest BCUT2D eigenvalue weighted by molar-refractivity contribution is -0.105. The first-order chi connectivity index (χ1) is 13.0. The van der Waals surface area contributed by atoms with Crippen molar-refractivity contribution >= 4 is 33.9 Å². The molecule has 0 fully saturated rings. The zero-order valence-electron chi connectivity index (χ0n) is 14.6. The third-order valence-corrected chi connectivity index (χ3v) is 5.03. The topological polar surface area (TPSA) is 65.7 Å². The Kier molecular flexibility index (Phi) is 4.24. The standard InChI is InChI=1S/C21H15ClO5/c1-11-9-17(24)27-21-14(11)7-8-16-18(21)19(22)15(10-23)20(26-16)12-3-5-13(25-2)6-4-12/h3-10,20H,1-2H3. The molecular formula is C21H15ClO5. The SMILES string of the molecule is COc1ccc(C2Oc3ccc4c(C)cc(=O)oc4c3C(Cl)=C2C=O)cc1. The number of methoxy groups -OCH3 is 1. The first kappa shape index (κ1) is 17.4. The molecule has 5 nitrogen and oxygen atoms in total. The molecule has 3 aromatic rings. The highest BCUT2D eigenvalue weighted by Gasteiger charge is 2.31. The highest BCUT2D eigenvalue weighted by molar-refractivity contribution is 6.52. The number of benzene rings is 2. The lowest BCUT2D eigenvalue weighted by Gasteiger charge is -2.27. The number of hydrogen-bond acceptors (Lipinski definition) is 5. The molecule has 0 saturated carbocycles. The van der Waals surface area contributed by atoms with Crippen LogP contribution in [0, 0.1) is 6.92 Å². The quantitative estimate of drug-likeness (QED) is 0.496. The lowest BCUT2D eigenvalue weighted by atomic mass is 9.95. The van der Waals surface area contributed by atoms with Crippen LogP contribution in [0.4, 0.5) is 0 Å². The van der Waals surface area contributed by atoms with Crippen molar-refractivity contribution in [2.45, 2.75) is 13.0 Å². The molecular weight excluding hydrogens is 368 g/mol. The Balaban J connectivity index is 1.94. The Morgan fingerprint density at radius 1 is 1.15 bits per heavy atom. The zero-order chi connectivity index (χ0) is 19.1. The molecule has 1 aliphatic rings. The Bertz CT molecular complexity index is 1140. The zero-order valence-corrected chi connectivity index (χ0v) is 15.4. The number of carbonyl (C=O) groups is 1. The largest absolute Gasteiger partial charge is 0.497 e. The van der Waals surface area contributed by atoms with Crippen LogP contribution in [0.3, 0.4) is 0 Å². The van der Waals surface area contributed by atoms with Gasteiger partial charge in [-0.1, -0.05) is 23.7 Å². The van der Waals surface area contributed by atoms with E-state index in [1.165, 1.54) is 6.07 Å². The summed E-state index contributed by atoms with van der Waals surface area (Å²) in [5.74, 6) is 1.15. The number of ether oxygens (including phenoxy) is 2. The second-order valence-electron chi connectivity index (χ2n) is 6.22. The van der Waals surface area contributed by atoms with Crippen molar-refractivity contribution in [3.8, 4) is 11.5 Å². The van der Waals surface area contributed by atoms with Gasteiger partial charge >= 0.3 is 5.63 Å². The van der Waals surface area contributed by atoms with Crippen LogP contribution in [0.5, 0.6) is 11.5 Å².